The van der Waals surface area contributed by atoms with Gasteiger partial charge in [0.2, 0.25) is 5.91 Å². The van der Waals surface area contributed by atoms with Crippen molar-refractivity contribution in [3.05, 3.63) is 51.7 Å². The van der Waals surface area contributed by atoms with Gasteiger partial charge in [-0.15, -0.1) is 11.3 Å². The molecule has 3 rings (SSSR count). The quantitative estimate of drug-likeness (QED) is 0.828. The number of benzene rings is 1. The van der Waals surface area contributed by atoms with E-state index in [0.29, 0.717) is 11.4 Å². The molecule has 6 heteroatoms. The van der Waals surface area contributed by atoms with Crippen LogP contribution >= 0.6 is 11.3 Å². The van der Waals surface area contributed by atoms with Crippen molar-refractivity contribution in [3.8, 4) is 0 Å². The number of ether oxygens (including phenoxy) is 1. The number of amides is 2. The molecular weight excluding hydrogens is 336 g/mol. The van der Waals surface area contributed by atoms with Crippen LogP contribution in [-0.4, -0.2) is 25.0 Å². The Kier molecular flexibility index (Phi) is 5.83. The molecule has 0 bridgehead atoms. The van der Waals surface area contributed by atoms with Gasteiger partial charge in [-0.1, -0.05) is 18.2 Å². The highest BCUT2D eigenvalue weighted by atomic mass is 32.1. The number of nitrogens with one attached hydrogen (secondary N) is 2. The first-order valence-electron chi connectivity index (χ1n) is 8.48. The van der Waals surface area contributed by atoms with E-state index in [0.717, 1.165) is 35.6 Å². The van der Waals surface area contributed by atoms with Crippen LogP contribution in [0.1, 0.15) is 45.5 Å². The monoisotopic (exact) mass is 358 g/mol. The van der Waals surface area contributed by atoms with Gasteiger partial charge >= 0.3 is 0 Å². The van der Waals surface area contributed by atoms with Gasteiger partial charge in [0, 0.05) is 30.1 Å². The average molecular weight is 358 g/mol. The van der Waals surface area contributed by atoms with Crippen molar-refractivity contribution in [1.82, 2.24) is 5.32 Å². The van der Waals surface area contributed by atoms with Crippen LogP contribution in [0.2, 0.25) is 0 Å². The molecule has 1 fully saturated rings. The number of thiophene rings is 1. The third-order valence-corrected chi connectivity index (χ3v) is 5.33. The normalized spacial score (nSPS) is 16.6. The number of carbonyl (C=O) groups is 2. The number of rotatable bonds is 6. The summed E-state index contributed by atoms with van der Waals surface area (Å²) in [6.07, 6.45) is 2.46. The number of hydrogen-bond acceptors (Lipinski definition) is 4. The maximum atomic E-state index is 12.2. The second-order valence-electron chi connectivity index (χ2n) is 6.07. The lowest BCUT2D eigenvalue weighted by atomic mass is 10.2. The topological polar surface area (TPSA) is 67.4 Å². The molecule has 2 aromatic rings. The fourth-order valence-corrected chi connectivity index (χ4v) is 3.76. The van der Waals surface area contributed by atoms with Gasteiger partial charge in [0.1, 0.15) is 0 Å². The van der Waals surface area contributed by atoms with Crippen LogP contribution < -0.4 is 10.6 Å². The van der Waals surface area contributed by atoms with Crippen LogP contribution in [-0.2, 0) is 9.53 Å². The van der Waals surface area contributed by atoms with Gasteiger partial charge in [-0.05, 0) is 43.5 Å². The molecule has 0 aliphatic carbocycles. The first kappa shape index (κ1) is 17.6. The fourth-order valence-electron chi connectivity index (χ4n) is 2.75. The Morgan fingerprint density at radius 3 is 2.84 bits per heavy atom. The average Bonchev–Trinajstić information content (AvgIpc) is 3.28. The summed E-state index contributed by atoms with van der Waals surface area (Å²) in [5.74, 6) is -0.251. The Balaban J connectivity index is 1.44. The van der Waals surface area contributed by atoms with Crippen molar-refractivity contribution in [2.24, 2.45) is 0 Å². The lowest BCUT2D eigenvalue weighted by Gasteiger charge is -2.08. The number of carbonyl (C=O) groups excluding carboxylic acids is 2. The molecule has 1 atom stereocenters. The number of para-hydroxylation sites is 1. The van der Waals surface area contributed by atoms with E-state index in [1.165, 1.54) is 11.3 Å². The van der Waals surface area contributed by atoms with Crippen LogP contribution in [0.15, 0.2) is 36.4 Å². The standard InChI is InChI=1S/C19H22N2O3S/c1-13-5-2-3-6-14(13)21-18(22)10-11-20-19(23)17-9-8-16(25-17)15-7-4-12-24-15/h2-3,5-6,8-9,15H,4,7,10-12H2,1H3,(H,20,23)(H,21,22)/t15-/m1/s1. The largest absolute Gasteiger partial charge is 0.373 e. The highest BCUT2D eigenvalue weighted by Crippen LogP contribution is 2.33. The van der Waals surface area contributed by atoms with E-state index in [-0.39, 0.29) is 24.3 Å². The molecule has 1 saturated heterocycles. The lowest BCUT2D eigenvalue weighted by Crippen LogP contribution is -2.27. The van der Waals surface area contributed by atoms with Crippen LogP contribution in [0.3, 0.4) is 0 Å². The lowest BCUT2D eigenvalue weighted by molar-refractivity contribution is -0.116. The van der Waals surface area contributed by atoms with Gasteiger partial charge in [0.25, 0.3) is 5.91 Å². The number of aryl methyl sites for hydroxylation is 1. The molecular formula is C19H22N2O3S. The predicted octanol–water partition coefficient (Wildman–Crippen LogP) is 3.67. The van der Waals surface area contributed by atoms with Crippen molar-refractivity contribution >= 4 is 28.8 Å². The molecule has 5 nitrogen and oxygen atoms in total. The third kappa shape index (κ3) is 4.67. The number of anilines is 1. The SMILES string of the molecule is Cc1ccccc1NC(=O)CCNC(=O)c1ccc([C@H]2CCCO2)s1. The Bertz CT molecular complexity index is 751. The van der Waals surface area contributed by atoms with E-state index in [1.807, 2.05) is 43.3 Å². The molecule has 1 aliphatic heterocycles. The van der Waals surface area contributed by atoms with Crippen molar-refractivity contribution in [2.75, 3.05) is 18.5 Å². The first-order valence-corrected chi connectivity index (χ1v) is 9.30. The summed E-state index contributed by atoms with van der Waals surface area (Å²) in [5, 5.41) is 5.66. The predicted molar refractivity (Wildman–Crippen MR) is 99.0 cm³/mol. The van der Waals surface area contributed by atoms with Gasteiger partial charge in [-0.2, -0.15) is 0 Å². The minimum Gasteiger partial charge on any atom is -0.373 e. The van der Waals surface area contributed by atoms with Crippen molar-refractivity contribution in [3.63, 3.8) is 0 Å². The molecule has 25 heavy (non-hydrogen) atoms. The Labute approximate surface area is 151 Å². The summed E-state index contributed by atoms with van der Waals surface area (Å²) in [7, 11) is 0. The Morgan fingerprint density at radius 2 is 2.08 bits per heavy atom. The third-order valence-electron chi connectivity index (χ3n) is 4.15. The van der Waals surface area contributed by atoms with E-state index in [9.17, 15) is 9.59 Å². The summed E-state index contributed by atoms with van der Waals surface area (Å²) in [5.41, 5.74) is 1.82. The second kappa shape index (κ2) is 8.27. The highest BCUT2D eigenvalue weighted by Gasteiger charge is 2.20. The summed E-state index contributed by atoms with van der Waals surface area (Å²) < 4.78 is 5.64. The zero-order valence-corrected chi connectivity index (χ0v) is 15.0. The summed E-state index contributed by atoms with van der Waals surface area (Å²) in [4.78, 5) is 25.9. The molecule has 1 aliphatic rings. The Hall–Kier alpha value is -2.18. The van der Waals surface area contributed by atoms with E-state index in [1.54, 1.807) is 0 Å². The molecule has 0 saturated carbocycles. The van der Waals surface area contributed by atoms with Gasteiger partial charge < -0.3 is 15.4 Å². The van der Waals surface area contributed by atoms with Gasteiger partial charge in [0.05, 0.1) is 11.0 Å². The maximum absolute atomic E-state index is 12.2. The maximum Gasteiger partial charge on any atom is 0.261 e. The molecule has 1 aromatic carbocycles. The van der Waals surface area contributed by atoms with Crippen LogP contribution in [0, 0.1) is 6.92 Å². The minimum atomic E-state index is -0.141. The second-order valence-corrected chi connectivity index (χ2v) is 7.19. The molecule has 2 N–H and O–H groups in total. The first-order chi connectivity index (χ1) is 12.1. The van der Waals surface area contributed by atoms with E-state index in [2.05, 4.69) is 10.6 Å². The molecule has 1 aromatic heterocycles. The smallest absolute Gasteiger partial charge is 0.261 e. The van der Waals surface area contributed by atoms with Gasteiger partial charge in [0.15, 0.2) is 0 Å². The van der Waals surface area contributed by atoms with Crippen LogP contribution in [0.4, 0.5) is 5.69 Å². The van der Waals surface area contributed by atoms with Crippen molar-refractivity contribution < 1.29 is 14.3 Å². The van der Waals surface area contributed by atoms with Crippen LogP contribution in [0.25, 0.3) is 0 Å². The summed E-state index contributed by atoms with van der Waals surface area (Å²) in [6, 6.07) is 11.4. The zero-order chi connectivity index (χ0) is 17.6. The van der Waals surface area contributed by atoms with E-state index in [4.69, 9.17) is 4.74 Å². The van der Waals surface area contributed by atoms with Crippen molar-refractivity contribution in [2.45, 2.75) is 32.3 Å². The molecule has 0 radical (unpaired) electrons. The van der Waals surface area contributed by atoms with E-state index < -0.39 is 0 Å². The molecule has 0 spiro atoms. The minimum absolute atomic E-state index is 0.110. The molecule has 2 heterocycles. The fraction of sp³-hybridized carbons (Fsp3) is 0.368. The van der Waals surface area contributed by atoms with E-state index >= 15 is 0 Å². The van der Waals surface area contributed by atoms with Gasteiger partial charge in [-0.3, -0.25) is 9.59 Å². The van der Waals surface area contributed by atoms with Crippen LogP contribution in [0.5, 0.6) is 0 Å². The molecule has 0 unspecified atom stereocenters. The summed E-state index contributed by atoms with van der Waals surface area (Å²) >= 11 is 1.46. The van der Waals surface area contributed by atoms with Gasteiger partial charge in [-0.25, -0.2) is 0 Å². The molecule has 132 valence electrons. The highest BCUT2D eigenvalue weighted by molar-refractivity contribution is 7.14. The van der Waals surface area contributed by atoms with Crippen molar-refractivity contribution in [1.29, 1.82) is 0 Å². The number of hydrogen-bond donors (Lipinski definition) is 2. The zero-order valence-electron chi connectivity index (χ0n) is 14.2. The Morgan fingerprint density at radius 1 is 1.24 bits per heavy atom. The molecule has 2 amide bonds. The summed E-state index contributed by atoms with van der Waals surface area (Å²) in [6.45, 7) is 3.05.